The molecule has 9 heteroatoms. The van der Waals surface area contributed by atoms with Crippen molar-refractivity contribution in [2.75, 3.05) is 48.3 Å². The molecule has 2 aromatic carbocycles. The third-order valence-corrected chi connectivity index (χ3v) is 6.49. The van der Waals surface area contributed by atoms with Crippen LogP contribution in [0.1, 0.15) is 13.8 Å². The van der Waals surface area contributed by atoms with Gasteiger partial charge in [0, 0.05) is 55.3 Å². The predicted molar refractivity (Wildman–Crippen MR) is 152 cm³/mol. The molecule has 1 saturated heterocycles. The lowest BCUT2D eigenvalue weighted by molar-refractivity contribution is -0.111. The Kier molecular flexibility index (Phi) is 7.13. The summed E-state index contributed by atoms with van der Waals surface area (Å²) in [5, 5.41) is 16.3. The van der Waals surface area contributed by atoms with Gasteiger partial charge in [0.2, 0.25) is 5.91 Å². The van der Waals surface area contributed by atoms with Crippen LogP contribution in [-0.4, -0.2) is 68.6 Å². The molecule has 3 N–H and O–H groups in total. The van der Waals surface area contributed by atoms with Crippen LogP contribution in [0.5, 0.6) is 0 Å². The summed E-state index contributed by atoms with van der Waals surface area (Å²) < 4.78 is 1.98. The van der Waals surface area contributed by atoms with E-state index in [0.29, 0.717) is 18.1 Å². The summed E-state index contributed by atoms with van der Waals surface area (Å²) in [6.45, 7) is 11.6. The second-order valence-corrected chi connectivity index (χ2v) is 10.2. The van der Waals surface area contributed by atoms with Gasteiger partial charge in [0.05, 0.1) is 29.9 Å². The summed E-state index contributed by atoms with van der Waals surface area (Å²) in [6, 6.07) is 16.0. The number of aromatic nitrogens is 3. The van der Waals surface area contributed by atoms with Gasteiger partial charge in [0.25, 0.3) is 0 Å². The summed E-state index contributed by atoms with van der Waals surface area (Å²) in [6.07, 6.45) is 6.70. The molecule has 196 valence electrons. The summed E-state index contributed by atoms with van der Waals surface area (Å²) in [4.78, 5) is 25.4. The number of fused-ring (bicyclic) bond motifs is 1. The number of carbonyl (C=O) groups excluding carboxylic acids is 1. The maximum Gasteiger partial charge on any atom is 0.247 e. The Morgan fingerprint density at radius 3 is 2.53 bits per heavy atom. The Bertz CT molecular complexity index is 1430. The number of hydrogen-bond acceptors (Lipinski definition) is 7. The average molecular weight is 512 g/mol. The van der Waals surface area contributed by atoms with E-state index < -0.39 is 5.60 Å². The first-order valence-corrected chi connectivity index (χ1v) is 12.7. The summed E-state index contributed by atoms with van der Waals surface area (Å²) in [5.41, 5.74) is 4.68. The van der Waals surface area contributed by atoms with Gasteiger partial charge in [0.15, 0.2) is 5.65 Å². The van der Waals surface area contributed by atoms with E-state index in [2.05, 4.69) is 61.2 Å². The number of rotatable bonds is 8. The molecular weight excluding hydrogens is 478 g/mol. The number of amides is 1. The van der Waals surface area contributed by atoms with Crippen molar-refractivity contribution in [3.05, 3.63) is 79.8 Å². The molecule has 4 aromatic rings. The molecule has 0 unspecified atom stereocenters. The van der Waals surface area contributed by atoms with Gasteiger partial charge in [-0.05, 0) is 56.3 Å². The lowest BCUT2D eigenvalue weighted by atomic mass is 10.1. The number of piperazine rings is 1. The van der Waals surface area contributed by atoms with Crippen molar-refractivity contribution in [1.82, 2.24) is 19.3 Å². The van der Waals surface area contributed by atoms with Crippen molar-refractivity contribution in [2.24, 2.45) is 0 Å². The molecule has 0 saturated carbocycles. The van der Waals surface area contributed by atoms with E-state index >= 15 is 0 Å². The fraction of sp³-hybridized carbons (Fsp3) is 0.276. The van der Waals surface area contributed by atoms with Crippen molar-refractivity contribution in [1.29, 1.82) is 0 Å². The van der Waals surface area contributed by atoms with Crippen LogP contribution in [0.25, 0.3) is 16.9 Å². The van der Waals surface area contributed by atoms with Crippen LogP contribution >= 0.6 is 0 Å². The standard InChI is InChI=1S/C29H33N7O2/c1-4-28(37)33-23-7-5-6-21(16-23)25-17-31-27-18-30-26(19-36(25)27)32-22-8-10-24(11-9-22)35-14-12-34(13-15-35)20-29(2,3)38/h4-11,16-19,32,38H,1,12-15,20H2,2-3H3,(H,33,37). The number of hydrogen-bond donors (Lipinski definition) is 3. The van der Waals surface area contributed by atoms with Crippen LogP contribution < -0.4 is 15.5 Å². The van der Waals surface area contributed by atoms with E-state index in [0.717, 1.165) is 48.8 Å². The zero-order valence-electron chi connectivity index (χ0n) is 21.8. The second-order valence-electron chi connectivity index (χ2n) is 10.2. The molecule has 0 atom stereocenters. The molecule has 5 rings (SSSR count). The largest absolute Gasteiger partial charge is 0.389 e. The zero-order chi connectivity index (χ0) is 26.7. The summed E-state index contributed by atoms with van der Waals surface area (Å²) >= 11 is 0. The molecule has 1 fully saturated rings. The quantitative estimate of drug-likeness (QED) is 0.306. The van der Waals surface area contributed by atoms with Gasteiger partial charge in [-0.15, -0.1) is 0 Å². The number of carbonyl (C=O) groups is 1. The van der Waals surface area contributed by atoms with Gasteiger partial charge in [-0.3, -0.25) is 14.1 Å². The molecule has 3 heterocycles. The van der Waals surface area contributed by atoms with Crippen LogP contribution in [0.15, 0.2) is 79.8 Å². The molecule has 0 spiro atoms. The van der Waals surface area contributed by atoms with Crippen LogP contribution in [0.4, 0.5) is 22.9 Å². The number of anilines is 4. The molecule has 0 bridgehead atoms. The maximum absolute atomic E-state index is 11.7. The Hall–Kier alpha value is -4.21. The van der Waals surface area contributed by atoms with Gasteiger partial charge >= 0.3 is 0 Å². The van der Waals surface area contributed by atoms with E-state index in [1.807, 2.05) is 48.7 Å². The zero-order valence-corrected chi connectivity index (χ0v) is 21.8. The second kappa shape index (κ2) is 10.6. The third kappa shape index (κ3) is 6.01. The van der Waals surface area contributed by atoms with Crippen LogP contribution in [0, 0.1) is 0 Å². The number of nitrogens with one attached hydrogen (secondary N) is 2. The fourth-order valence-electron chi connectivity index (χ4n) is 4.73. The van der Waals surface area contributed by atoms with Gasteiger partial charge in [-0.1, -0.05) is 18.7 Å². The fourth-order valence-corrected chi connectivity index (χ4v) is 4.73. The average Bonchev–Trinajstić information content (AvgIpc) is 3.32. The van der Waals surface area contributed by atoms with E-state index in [-0.39, 0.29) is 5.91 Å². The van der Waals surface area contributed by atoms with E-state index in [1.54, 1.807) is 12.4 Å². The first kappa shape index (κ1) is 25.4. The van der Waals surface area contributed by atoms with Crippen molar-refractivity contribution >= 4 is 34.4 Å². The Morgan fingerprint density at radius 2 is 1.82 bits per heavy atom. The van der Waals surface area contributed by atoms with Gasteiger partial charge < -0.3 is 20.6 Å². The Labute approximate surface area is 222 Å². The maximum atomic E-state index is 11.7. The van der Waals surface area contributed by atoms with Crippen molar-refractivity contribution in [3.8, 4) is 11.3 Å². The topological polar surface area (TPSA) is 98.0 Å². The highest BCUT2D eigenvalue weighted by Crippen LogP contribution is 2.26. The molecule has 1 amide bonds. The highest BCUT2D eigenvalue weighted by molar-refractivity contribution is 5.99. The Morgan fingerprint density at radius 1 is 1.05 bits per heavy atom. The van der Waals surface area contributed by atoms with Crippen molar-refractivity contribution in [3.63, 3.8) is 0 Å². The molecule has 1 aliphatic heterocycles. The Balaban J connectivity index is 1.28. The molecule has 0 aliphatic carbocycles. The number of benzene rings is 2. The lowest BCUT2D eigenvalue weighted by Crippen LogP contribution is -2.50. The van der Waals surface area contributed by atoms with Crippen molar-refractivity contribution in [2.45, 2.75) is 19.4 Å². The van der Waals surface area contributed by atoms with Crippen molar-refractivity contribution < 1.29 is 9.90 Å². The number of nitrogens with zero attached hydrogens (tertiary/aromatic N) is 5. The predicted octanol–water partition coefficient (Wildman–Crippen LogP) is 4.16. The first-order valence-electron chi connectivity index (χ1n) is 12.7. The van der Waals surface area contributed by atoms with Crippen LogP contribution in [-0.2, 0) is 4.79 Å². The summed E-state index contributed by atoms with van der Waals surface area (Å²) in [7, 11) is 0. The highest BCUT2D eigenvalue weighted by atomic mass is 16.3. The minimum atomic E-state index is -0.670. The van der Waals surface area contributed by atoms with E-state index in [4.69, 9.17) is 0 Å². The normalized spacial score (nSPS) is 14.4. The van der Waals surface area contributed by atoms with Crippen LogP contribution in [0.2, 0.25) is 0 Å². The van der Waals surface area contributed by atoms with E-state index in [9.17, 15) is 9.90 Å². The molecule has 9 nitrogen and oxygen atoms in total. The van der Waals surface area contributed by atoms with E-state index in [1.165, 1.54) is 11.8 Å². The number of imidazole rings is 1. The molecule has 38 heavy (non-hydrogen) atoms. The SMILES string of the molecule is C=CC(=O)Nc1cccc(-c2cnc3cnc(Nc4ccc(N5CCN(CC(C)(C)O)CC5)cc4)cn23)c1. The molecular formula is C29H33N7O2. The van der Waals surface area contributed by atoms with Gasteiger partial charge in [-0.25, -0.2) is 9.97 Å². The molecule has 1 aliphatic rings. The lowest BCUT2D eigenvalue weighted by Gasteiger charge is -2.38. The molecule has 2 aromatic heterocycles. The minimum Gasteiger partial charge on any atom is -0.389 e. The number of aliphatic hydroxyl groups is 1. The smallest absolute Gasteiger partial charge is 0.247 e. The van der Waals surface area contributed by atoms with Gasteiger partial charge in [-0.2, -0.15) is 0 Å². The third-order valence-electron chi connectivity index (χ3n) is 6.49. The monoisotopic (exact) mass is 511 g/mol. The summed E-state index contributed by atoms with van der Waals surface area (Å²) in [5.74, 6) is 0.441. The number of β-amino-alcohol motifs (C(OH)–C–C–N with tert-alkyl or cyclic N) is 1. The van der Waals surface area contributed by atoms with Crippen LogP contribution in [0.3, 0.4) is 0 Å². The minimum absolute atomic E-state index is 0.255. The van der Waals surface area contributed by atoms with Gasteiger partial charge in [0.1, 0.15) is 5.82 Å². The first-order chi connectivity index (χ1) is 18.3. The molecule has 0 radical (unpaired) electrons. The highest BCUT2D eigenvalue weighted by Gasteiger charge is 2.22.